The molecule has 1 N–H and O–H groups in total. The van der Waals surface area contributed by atoms with E-state index in [2.05, 4.69) is 6.07 Å². The summed E-state index contributed by atoms with van der Waals surface area (Å²) in [4.78, 5) is 25.6. The van der Waals surface area contributed by atoms with E-state index in [9.17, 15) is 9.59 Å². The summed E-state index contributed by atoms with van der Waals surface area (Å²) in [7, 11) is 1.65. The molecule has 2 aromatic carbocycles. The van der Waals surface area contributed by atoms with E-state index in [1.807, 2.05) is 12.1 Å². The van der Waals surface area contributed by atoms with Crippen LogP contribution in [0.2, 0.25) is 0 Å². The van der Waals surface area contributed by atoms with Crippen LogP contribution in [-0.2, 0) is 12.8 Å². The highest BCUT2D eigenvalue weighted by atomic mass is 16.5. The zero-order valence-corrected chi connectivity index (χ0v) is 13.5. The van der Waals surface area contributed by atoms with Gasteiger partial charge >= 0.3 is 5.97 Å². The minimum Gasteiger partial charge on any atom is -0.496 e. The molecule has 0 saturated heterocycles. The van der Waals surface area contributed by atoms with E-state index < -0.39 is 5.97 Å². The number of rotatable bonds is 3. The first-order chi connectivity index (χ1) is 11.6. The third-order valence-corrected chi connectivity index (χ3v) is 4.38. The lowest BCUT2D eigenvalue weighted by Crippen LogP contribution is -2.33. The van der Waals surface area contributed by atoms with Crippen LogP contribution in [0.3, 0.4) is 0 Å². The zero-order chi connectivity index (χ0) is 17.1. The molecule has 5 nitrogen and oxygen atoms in total. The maximum atomic E-state index is 12.7. The van der Waals surface area contributed by atoms with E-state index in [1.165, 1.54) is 17.7 Å². The van der Waals surface area contributed by atoms with Gasteiger partial charge in [0.15, 0.2) is 0 Å². The molecule has 1 aliphatic rings. The normalized spacial score (nSPS) is 13.8. The maximum Gasteiger partial charge on any atom is 0.335 e. The van der Waals surface area contributed by atoms with Crippen molar-refractivity contribution in [1.82, 2.24) is 4.90 Å². The van der Waals surface area contributed by atoms with Crippen LogP contribution >= 0.6 is 0 Å². The molecule has 0 atom stereocenters. The molecule has 2 aromatic rings. The number of carbonyl (C=O) groups excluding carboxylic acids is 1. The number of carboxylic acid groups (broad SMARTS) is 1. The molecule has 3 rings (SSSR count). The van der Waals surface area contributed by atoms with E-state index in [-0.39, 0.29) is 11.5 Å². The number of nitrogens with zero attached hydrogens (tertiary/aromatic N) is 1. The Morgan fingerprint density at radius 1 is 1.04 bits per heavy atom. The average molecular weight is 325 g/mol. The summed E-state index contributed by atoms with van der Waals surface area (Å²) in [6, 6.07) is 12.2. The first kappa shape index (κ1) is 16.1. The summed E-state index contributed by atoms with van der Waals surface area (Å²) in [6.07, 6.45) is 1.49. The third kappa shape index (κ3) is 3.11. The predicted molar refractivity (Wildman–Crippen MR) is 89.7 cm³/mol. The molecular formula is C19H19NO4. The highest BCUT2D eigenvalue weighted by molar-refractivity contribution is 5.97. The van der Waals surface area contributed by atoms with Gasteiger partial charge in [0.25, 0.3) is 5.91 Å². The Morgan fingerprint density at radius 3 is 2.50 bits per heavy atom. The second kappa shape index (κ2) is 6.74. The molecule has 0 bridgehead atoms. The van der Waals surface area contributed by atoms with Crippen LogP contribution in [0.25, 0.3) is 0 Å². The second-order valence-corrected chi connectivity index (χ2v) is 5.78. The van der Waals surface area contributed by atoms with Gasteiger partial charge in [0.05, 0.1) is 12.7 Å². The van der Waals surface area contributed by atoms with Crippen molar-refractivity contribution < 1.29 is 19.4 Å². The number of ether oxygens (including phenoxy) is 1. The van der Waals surface area contributed by atoms with Crippen LogP contribution in [0.1, 0.15) is 31.8 Å². The van der Waals surface area contributed by atoms with Crippen molar-refractivity contribution in [2.75, 3.05) is 20.2 Å². The maximum absolute atomic E-state index is 12.7. The van der Waals surface area contributed by atoms with Crippen LogP contribution in [-0.4, -0.2) is 42.1 Å². The SMILES string of the molecule is COc1cccc2c1CCN(C(=O)c1cccc(C(=O)O)c1)CC2. The quantitative estimate of drug-likeness (QED) is 0.942. The van der Waals surface area contributed by atoms with Gasteiger partial charge in [-0.15, -0.1) is 0 Å². The number of hydrogen-bond donors (Lipinski definition) is 1. The second-order valence-electron chi connectivity index (χ2n) is 5.78. The monoisotopic (exact) mass is 325 g/mol. The van der Waals surface area contributed by atoms with Crippen molar-refractivity contribution in [3.8, 4) is 5.75 Å². The number of benzene rings is 2. The lowest BCUT2D eigenvalue weighted by molar-refractivity contribution is 0.0697. The summed E-state index contributed by atoms with van der Waals surface area (Å²) >= 11 is 0. The largest absolute Gasteiger partial charge is 0.496 e. The Morgan fingerprint density at radius 2 is 1.75 bits per heavy atom. The number of carbonyl (C=O) groups is 2. The summed E-state index contributed by atoms with van der Waals surface area (Å²) in [5, 5.41) is 9.08. The number of methoxy groups -OCH3 is 1. The van der Waals surface area contributed by atoms with Crippen LogP contribution < -0.4 is 4.74 Å². The van der Waals surface area contributed by atoms with Gasteiger partial charge in [-0.05, 0) is 48.2 Å². The minimum atomic E-state index is -1.03. The molecule has 0 saturated carbocycles. The number of aromatic carboxylic acids is 1. The Hall–Kier alpha value is -2.82. The molecule has 0 unspecified atom stereocenters. The Balaban J connectivity index is 1.81. The standard InChI is InChI=1S/C19H19NO4/c1-24-17-7-3-4-13-8-10-20(11-9-16(13)17)18(21)14-5-2-6-15(12-14)19(22)23/h2-7,12H,8-11H2,1H3,(H,22,23). The fourth-order valence-electron chi connectivity index (χ4n) is 3.11. The third-order valence-electron chi connectivity index (χ3n) is 4.38. The van der Waals surface area contributed by atoms with Crippen molar-refractivity contribution in [2.45, 2.75) is 12.8 Å². The smallest absolute Gasteiger partial charge is 0.335 e. The Labute approximate surface area is 140 Å². The average Bonchev–Trinajstić information content (AvgIpc) is 2.83. The van der Waals surface area contributed by atoms with E-state index in [0.717, 1.165) is 24.2 Å². The summed E-state index contributed by atoms with van der Waals surface area (Å²) in [5.74, 6) is -0.308. The Bertz CT molecular complexity index is 785. The van der Waals surface area contributed by atoms with E-state index in [0.29, 0.717) is 18.7 Å². The van der Waals surface area contributed by atoms with Crippen molar-refractivity contribution in [3.63, 3.8) is 0 Å². The predicted octanol–water partition coefficient (Wildman–Crippen LogP) is 2.63. The van der Waals surface area contributed by atoms with Gasteiger partial charge in [-0.3, -0.25) is 4.79 Å². The molecule has 0 aliphatic carbocycles. The number of fused-ring (bicyclic) bond motifs is 1. The molecule has 0 aromatic heterocycles. The molecule has 24 heavy (non-hydrogen) atoms. The van der Waals surface area contributed by atoms with Crippen LogP contribution in [0.5, 0.6) is 5.75 Å². The lowest BCUT2D eigenvalue weighted by atomic mass is 10.0. The molecule has 124 valence electrons. The van der Waals surface area contributed by atoms with Crippen molar-refractivity contribution >= 4 is 11.9 Å². The minimum absolute atomic E-state index is 0.126. The van der Waals surface area contributed by atoms with Crippen molar-refractivity contribution in [1.29, 1.82) is 0 Å². The molecule has 1 amide bonds. The number of hydrogen-bond acceptors (Lipinski definition) is 3. The van der Waals surface area contributed by atoms with E-state index in [4.69, 9.17) is 9.84 Å². The number of carboxylic acids is 1. The van der Waals surface area contributed by atoms with Crippen molar-refractivity contribution in [2.24, 2.45) is 0 Å². The van der Waals surface area contributed by atoms with Gasteiger partial charge in [0.2, 0.25) is 0 Å². The first-order valence-electron chi connectivity index (χ1n) is 7.87. The van der Waals surface area contributed by atoms with Crippen LogP contribution in [0.15, 0.2) is 42.5 Å². The Kier molecular flexibility index (Phi) is 4.51. The summed E-state index contributed by atoms with van der Waals surface area (Å²) in [5.41, 5.74) is 2.88. The van der Waals surface area contributed by atoms with Gasteiger partial charge in [-0.1, -0.05) is 18.2 Å². The lowest BCUT2D eigenvalue weighted by Gasteiger charge is -2.20. The van der Waals surface area contributed by atoms with E-state index >= 15 is 0 Å². The van der Waals surface area contributed by atoms with Crippen LogP contribution in [0.4, 0.5) is 0 Å². The fourth-order valence-corrected chi connectivity index (χ4v) is 3.11. The van der Waals surface area contributed by atoms with Gasteiger partial charge in [0, 0.05) is 18.7 Å². The molecule has 1 heterocycles. The number of amides is 1. The van der Waals surface area contributed by atoms with E-state index in [1.54, 1.807) is 24.1 Å². The molecule has 1 aliphatic heterocycles. The molecule has 0 radical (unpaired) electrons. The van der Waals surface area contributed by atoms with Crippen molar-refractivity contribution in [3.05, 3.63) is 64.7 Å². The molecule has 5 heteroatoms. The zero-order valence-electron chi connectivity index (χ0n) is 13.5. The molecule has 0 fully saturated rings. The van der Waals surface area contributed by atoms with Gasteiger partial charge in [-0.2, -0.15) is 0 Å². The molecular weight excluding hydrogens is 306 g/mol. The molecule has 0 spiro atoms. The van der Waals surface area contributed by atoms with Gasteiger partial charge in [0.1, 0.15) is 5.75 Å². The summed E-state index contributed by atoms with van der Waals surface area (Å²) < 4.78 is 5.42. The fraction of sp³-hybridized carbons (Fsp3) is 0.263. The summed E-state index contributed by atoms with van der Waals surface area (Å²) in [6.45, 7) is 1.19. The van der Waals surface area contributed by atoms with Crippen LogP contribution in [0, 0.1) is 0 Å². The topological polar surface area (TPSA) is 66.8 Å². The highest BCUT2D eigenvalue weighted by Gasteiger charge is 2.22. The first-order valence-corrected chi connectivity index (χ1v) is 7.87. The highest BCUT2D eigenvalue weighted by Crippen LogP contribution is 2.26. The van der Waals surface area contributed by atoms with Gasteiger partial charge in [-0.25, -0.2) is 4.79 Å². The van der Waals surface area contributed by atoms with Gasteiger partial charge < -0.3 is 14.7 Å².